The van der Waals surface area contributed by atoms with Crippen molar-refractivity contribution in [3.05, 3.63) is 16.5 Å². The number of nitrogens with zero attached hydrogens (tertiary/aromatic N) is 2. The maximum atomic E-state index is 10.5. The maximum Gasteiger partial charge on any atom is 0.132 e. The normalized spacial score (nSPS) is 18.3. The van der Waals surface area contributed by atoms with E-state index in [0.717, 1.165) is 54.8 Å². The number of aryl methyl sites for hydroxylation is 1. The van der Waals surface area contributed by atoms with Gasteiger partial charge in [0, 0.05) is 19.0 Å². The second-order valence-electron chi connectivity index (χ2n) is 5.38. The molecule has 1 aromatic heterocycles. The smallest absolute Gasteiger partial charge is 0.132 e. The fourth-order valence-corrected chi connectivity index (χ4v) is 2.95. The van der Waals surface area contributed by atoms with Crippen molar-refractivity contribution in [3.8, 4) is 0 Å². The molecule has 1 heterocycles. The van der Waals surface area contributed by atoms with Crippen LogP contribution in [0, 0.1) is 0 Å². The Morgan fingerprint density at radius 3 is 2.74 bits per heavy atom. The second kappa shape index (κ2) is 6.66. The number of rotatable bonds is 5. The van der Waals surface area contributed by atoms with Crippen LogP contribution in [0.2, 0.25) is 0 Å². The van der Waals surface area contributed by atoms with Gasteiger partial charge in [-0.2, -0.15) is 0 Å². The van der Waals surface area contributed by atoms with Crippen LogP contribution in [-0.4, -0.2) is 27.2 Å². The number of anilines is 1. The SMILES string of the molecule is CCCc1nc(Br)cc(NCC2(O)CCCCC2)n1. The first-order chi connectivity index (χ1) is 9.11. The van der Waals surface area contributed by atoms with Crippen LogP contribution in [0.4, 0.5) is 5.82 Å². The summed E-state index contributed by atoms with van der Waals surface area (Å²) in [5, 5.41) is 13.7. The molecule has 1 saturated carbocycles. The van der Waals surface area contributed by atoms with E-state index in [2.05, 4.69) is 38.1 Å². The summed E-state index contributed by atoms with van der Waals surface area (Å²) in [4.78, 5) is 8.81. The molecule has 0 radical (unpaired) electrons. The molecule has 0 aromatic carbocycles. The van der Waals surface area contributed by atoms with Gasteiger partial charge in [0.05, 0.1) is 5.60 Å². The second-order valence-corrected chi connectivity index (χ2v) is 6.19. The summed E-state index contributed by atoms with van der Waals surface area (Å²) in [5.41, 5.74) is -0.569. The van der Waals surface area contributed by atoms with Crippen LogP contribution < -0.4 is 5.32 Å². The van der Waals surface area contributed by atoms with Gasteiger partial charge in [0.25, 0.3) is 0 Å². The van der Waals surface area contributed by atoms with Crippen LogP contribution in [0.15, 0.2) is 10.7 Å². The molecule has 0 amide bonds. The molecule has 106 valence electrons. The van der Waals surface area contributed by atoms with Gasteiger partial charge < -0.3 is 10.4 Å². The van der Waals surface area contributed by atoms with Gasteiger partial charge in [-0.25, -0.2) is 9.97 Å². The number of halogens is 1. The first-order valence-corrected chi connectivity index (χ1v) is 7.90. The standard InChI is InChI=1S/C14H22BrN3O/c1-2-6-12-17-11(15)9-13(18-12)16-10-14(19)7-4-3-5-8-14/h9,19H,2-8,10H2,1H3,(H,16,17,18). The van der Waals surface area contributed by atoms with E-state index in [0.29, 0.717) is 6.54 Å². The van der Waals surface area contributed by atoms with E-state index in [1.165, 1.54) is 6.42 Å². The van der Waals surface area contributed by atoms with Crippen LogP contribution in [0.5, 0.6) is 0 Å². The topological polar surface area (TPSA) is 58.0 Å². The predicted octanol–water partition coefficient (Wildman–Crippen LogP) is 3.30. The highest BCUT2D eigenvalue weighted by Crippen LogP contribution is 2.28. The van der Waals surface area contributed by atoms with E-state index >= 15 is 0 Å². The fourth-order valence-electron chi connectivity index (χ4n) is 2.53. The third-order valence-electron chi connectivity index (χ3n) is 3.60. The Morgan fingerprint density at radius 2 is 2.05 bits per heavy atom. The van der Waals surface area contributed by atoms with E-state index in [9.17, 15) is 5.11 Å². The molecule has 0 aliphatic heterocycles. The molecule has 4 nitrogen and oxygen atoms in total. The molecule has 1 fully saturated rings. The lowest BCUT2D eigenvalue weighted by Gasteiger charge is -2.32. The van der Waals surface area contributed by atoms with Gasteiger partial charge in [0.15, 0.2) is 0 Å². The van der Waals surface area contributed by atoms with Crippen molar-refractivity contribution in [1.29, 1.82) is 0 Å². The summed E-state index contributed by atoms with van der Waals surface area (Å²) in [6, 6.07) is 1.87. The Balaban J connectivity index is 1.98. The van der Waals surface area contributed by atoms with E-state index in [1.54, 1.807) is 0 Å². The summed E-state index contributed by atoms with van der Waals surface area (Å²) in [7, 11) is 0. The zero-order chi connectivity index (χ0) is 13.7. The molecule has 0 saturated heterocycles. The molecule has 0 spiro atoms. The Hall–Kier alpha value is -0.680. The van der Waals surface area contributed by atoms with Gasteiger partial charge >= 0.3 is 0 Å². The van der Waals surface area contributed by atoms with Crippen molar-refractivity contribution in [2.24, 2.45) is 0 Å². The molecule has 0 bridgehead atoms. The molecule has 1 aromatic rings. The monoisotopic (exact) mass is 327 g/mol. The number of hydrogen-bond acceptors (Lipinski definition) is 4. The van der Waals surface area contributed by atoms with Crippen molar-refractivity contribution in [2.75, 3.05) is 11.9 Å². The highest BCUT2D eigenvalue weighted by atomic mass is 79.9. The van der Waals surface area contributed by atoms with Crippen LogP contribution in [-0.2, 0) is 6.42 Å². The minimum Gasteiger partial charge on any atom is -0.388 e. The highest BCUT2D eigenvalue weighted by molar-refractivity contribution is 9.10. The van der Waals surface area contributed by atoms with Crippen molar-refractivity contribution >= 4 is 21.7 Å². The van der Waals surface area contributed by atoms with Crippen molar-refractivity contribution < 1.29 is 5.11 Å². The van der Waals surface area contributed by atoms with Gasteiger partial charge in [-0.05, 0) is 35.2 Å². The van der Waals surface area contributed by atoms with Crippen LogP contribution in [0.25, 0.3) is 0 Å². The van der Waals surface area contributed by atoms with E-state index in [-0.39, 0.29) is 0 Å². The van der Waals surface area contributed by atoms with Gasteiger partial charge in [0.2, 0.25) is 0 Å². The van der Waals surface area contributed by atoms with Crippen LogP contribution in [0.1, 0.15) is 51.3 Å². The van der Waals surface area contributed by atoms with Crippen molar-refractivity contribution in [3.63, 3.8) is 0 Å². The lowest BCUT2D eigenvalue weighted by Crippen LogP contribution is -2.39. The van der Waals surface area contributed by atoms with Gasteiger partial charge in [0.1, 0.15) is 16.2 Å². The Kier molecular flexibility index (Phi) is 5.16. The molecule has 1 aliphatic carbocycles. The Bertz CT molecular complexity index is 419. The summed E-state index contributed by atoms with van der Waals surface area (Å²) in [6.07, 6.45) is 7.14. The summed E-state index contributed by atoms with van der Waals surface area (Å²) in [6.45, 7) is 2.68. The van der Waals surface area contributed by atoms with E-state index in [4.69, 9.17) is 0 Å². The minimum atomic E-state index is -0.569. The zero-order valence-corrected chi connectivity index (χ0v) is 13.0. The van der Waals surface area contributed by atoms with Gasteiger partial charge in [-0.15, -0.1) is 0 Å². The summed E-state index contributed by atoms with van der Waals surface area (Å²) >= 11 is 3.41. The zero-order valence-electron chi connectivity index (χ0n) is 11.5. The third kappa shape index (κ3) is 4.42. The lowest BCUT2D eigenvalue weighted by molar-refractivity contribution is 0.0166. The van der Waals surface area contributed by atoms with E-state index in [1.807, 2.05) is 6.07 Å². The molecule has 0 unspecified atom stereocenters. The summed E-state index contributed by atoms with van der Waals surface area (Å²) < 4.78 is 0.795. The number of aromatic nitrogens is 2. The number of aliphatic hydroxyl groups is 1. The highest BCUT2D eigenvalue weighted by Gasteiger charge is 2.28. The molecule has 19 heavy (non-hydrogen) atoms. The summed E-state index contributed by atoms with van der Waals surface area (Å²) in [5.74, 6) is 1.64. The molecule has 2 rings (SSSR count). The molecular weight excluding hydrogens is 306 g/mol. The van der Waals surface area contributed by atoms with Crippen LogP contribution in [0.3, 0.4) is 0 Å². The van der Waals surface area contributed by atoms with Gasteiger partial charge in [-0.3, -0.25) is 0 Å². The van der Waals surface area contributed by atoms with Gasteiger partial charge in [-0.1, -0.05) is 26.2 Å². The number of hydrogen-bond donors (Lipinski definition) is 2. The predicted molar refractivity (Wildman–Crippen MR) is 80.3 cm³/mol. The largest absolute Gasteiger partial charge is 0.388 e. The Labute approximate surface area is 123 Å². The van der Waals surface area contributed by atoms with Crippen LogP contribution >= 0.6 is 15.9 Å². The average molecular weight is 328 g/mol. The quantitative estimate of drug-likeness (QED) is 0.814. The third-order valence-corrected chi connectivity index (χ3v) is 4.00. The Morgan fingerprint density at radius 1 is 1.32 bits per heavy atom. The molecule has 5 heteroatoms. The first kappa shape index (κ1) is 14.7. The van der Waals surface area contributed by atoms with Crippen molar-refractivity contribution in [1.82, 2.24) is 9.97 Å². The fraction of sp³-hybridized carbons (Fsp3) is 0.714. The molecule has 2 N–H and O–H groups in total. The molecule has 0 atom stereocenters. The molecular formula is C14H22BrN3O. The molecule has 1 aliphatic rings. The number of nitrogens with one attached hydrogen (secondary N) is 1. The van der Waals surface area contributed by atoms with E-state index < -0.39 is 5.60 Å². The average Bonchev–Trinajstić information content (AvgIpc) is 2.37. The lowest BCUT2D eigenvalue weighted by atomic mass is 9.85. The first-order valence-electron chi connectivity index (χ1n) is 7.11. The minimum absolute atomic E-state index is 0.569. The van der Waals surface area contributed by atoms with Crippen molar-refractivity contribution in [2.45, 2.75) is 57.5 Å². The maximum absolute atomic E-state index is 10.5.